The van der Waals surface area contributed by atoms with Crippen LogP contribution in [0.15, 0.2) is 30.3 Å². The fourth-order valence-electron chi connectivity index (χ4n) is 0.680. The number of aliphatic hydroxyl groups is 1. The van der Waals surface area contributed by atoms with Gasteiger partial charge in [-0.05, 0) is 0 Å². The van der Waals surface area contributed by atoms with Crippen LogP contribution in [0.25, 0.3) is 0 Å². The molecule has 0 radical (unpaired) electrons. The van der Waals surface area contributed by atoms with E-state index in [1.807, 2.05) is 18.2 Å². The molecule has 0 saturated heterocycles. The van der Waals surface area contributed by atoms with E-state index < -0.39 is 0 Å². The summed E-state index contributed by atoms with van der Waals surface area (Å²) < 4.78 is 1.36. The predicted octanol–water partition coefficient (Wildman–Crippen LogP) is 0.427. The average molecular weight is 201 g/mol. The molecule has 0 saturated carbocycles. The second kappa shape index (κ2) is 4.50. The van der Waals surface area contributed by atoms with E-state index in [1.165, 1.54) is 4.46 Å². The van der Waals surface area contributed by atoms with Gasteiger partial charge in [-0.1, -0.05) is 0 Å². The third-order valence-electron chi connectivity index (χ3n) is 1.10. The van der Waals surface area contributed by atoms with Gasteiger partial charge in [0, 0.05) is 0 Å². The Hall–Kier alpha value is -0.301. The summed E-state index contributed by atoms with van der Waals surface area (Å²) >= 11 is 0.468. The first kappa shape index (κ1) is 7.80. The van der Waals surface area contributed by atoms with Gasteiger partial charge in [-0.3, -0.25) is 0 Å². The zero-order chi connectivity index (χ0) is 7.23. The molecule has 0 atom stereocenters. The molecule has 1 rings (SSSR count). The van der Waals surface area contributed by atoms with Gasteiger partial charge in [0.2, 0.25) is 0 Å². The Labute approximate surface area is 67.2 Å². The Morgan fingerprint density at radius 2 is 1.90 bits per heavy atom. The Bertz CT molecular complexity index is 174. The van der Waals surface area contributed by atoms with Crippen LogP contribution in [0.4, 0.5) is 0 Å². The average Bonchev–Trinajstić information content (AvgIpc) is 2.03. The van der Waals surface area contributed by atoms with Crippen molar-refractivity contribution in [1.29, 1.82) is 0 Å². The van der Waals surface area contributed by atoms with Crippen LogP contribution in [0.5, 0.6) is 0 Å². The molecule has 0 aliphatic rings. The van der Waals surface area contributed by atoms with Gasteiger partial charge in [-0.25, -0.2) is 0 Å². The molecule has 0 aliphatic carbocycles. The zero-order valence-electron chi connectivity index (χ0n) is 5.66. The molecule has 0 fully saturated rings. The molecule has 1 aromatic carbocycles. The minimum atomic E-state index is 0.314. The fraction of sp³-hybridized carbons (Fsp3) is 0.250. The van der Waals surface area contributed by atoms with E-state index >= 15 is 0 Å². The molecule has 0 amide bonds. The SMILES string of the molecule is OCC[Se]c1ccccc1. The number of rotatable bonds is 3. The summed E-state index contributed by atoms with van der Waals surface area (Å²) in [6.45, 7) is 0.314. The van der Waals surface area contributed by atoms with Gasteiger partial charge in [0.1, 0.15) is 0 Å². The van der Waals surface area contributed by atoms with Crippen molar-refractivity contribution < 1.29 is 5.11 Å². The van der Waals surface area contributed by atoms with Gasteiger partial charge in [0.15, 0.2) is 0 Å². The molecule has 54 valence electrons. The predicted molar refractivity (Wildman–Crippen MR) is 43.7 cm³/mol. The monoisotopic (exact) mass is 202 g/mol. The van der Waals surface area contributed by atoms with Crippen molar-refractivity contribution >= 4 is 19.4 Å². The number of benzene rings is 1. The molecule has 1 N–H and O–H groups in total. The van der Waals surface area contributed by atoms with E-state index in [0.29, 0.717) is 21.6 Å². The molecule has 0 heterocycles. The van der Waals surface area contributed by atoms with Gasteiger partial charge >= 0.3 is 66.8 Å². The van der Waals surface area contributed by atoms with Crippen molar-refractivity contribution in [3.05, 3.63) is 30.3 Å². The summed E-state index contributed by atoms with van der Waals surface area (Å²) in [6, 6.07) is 10.3. The van der Waals surface area contributed by atoms with Crippen LogP contribution in [-0.2, 0) is 0 Å². The molecule has 0 bridgehead atoms. The quantitative estimate of drug-likeness (QED) is 0.703. The maximum absolute atomic E-state index is 8.54. The van der Waals surface area contributed by atoms with Crippen molar-refractivity contribution in [3.63, 3.8) is 0 Å². The molecule has 1 nitrogen and oxygen atoms in total. The van der Waals surface area contributed by atoms with E-state index in [0.717, 1.165) is 5.32 Å². The summed E-state index contributed by atoms with van der Waals surface area (Å²) in [7, 11) is 0. The summed E-state index contributed by atoms with van der Waals surface area (Å²) in [4.78, 5) is 0. The standard InChI is InChI=1S/C8H10OSe/c9-6-7-10-8-4-2-1-3-5-8/h1-5,9H,6-7H2. The van der Waals surface area contributed by atoms with Crippen LogP contribution >= 0.6 is 0 Å². The molecular weight excluding hydrogens is 191 g/mol. The number of hydrogen-bond acceptors (Lipinski definition) is 1. The van der Waals surface area contributed by atoms with E-state index in [2.05, 4.69) is 12.1 Å². The Kier molecular flexibility index (Phi) is 3.52. The van der Waals surface area contributed by atoms with Crippen molar-refractivity contribution in [3.8, 4) is 0 Å². The first-order valence-corrected chi connectivity index (χ1v) is 5.29. The van der Waals surface area contributed by atoms with Gasteiger partial charge in [-0.2, -0.15) is 0 Å². The van der Waals surface area contributed by atoms with E-state index in [1.54, 1.807) is 0 Å². The molecular formula is C8H10OSe. The first-order valence-electron chi connectivity index (χ1n) is 3.22. The second-order valence-corrected chi connectivity index (χ2v) is 4.34. The van der Waals surface area contributed by atoms with Crippen molar-refractivity contribution in [2.24, 2.45) is 0 Å². The van der Waals surface area contributed by atoms with E-state index in [4.69, 9.17) is 5.11 Å². The van der Waals surface area contributed by atoms with Crippen LogP contribution in [0.3, 0.4) is 0 Å². The van der Waals surface area contributed by atoms with Crippen LogP contribution in [-0.4, -0.2) is 26.7 Å². The van der Waals surface area contributed by atoms with Crippen molar-refractivity contribution in [1.82, 2.24) is 0 Å². The van der Waals surface area contributed by atoms with E-state index in [9.17, 15) is 0 Å². The molecule has 2 heteroatoms. The van der Waals surface area contributed by atoms with Gasteiger partial charge in [-0.15, -0.1) is 0 Å². The maximum atomic E-state index is 8.54. The summed E-state index contributed by atoms with van der Waals surface area (Å²) in [5.74, 6) is 0. The zero-order valence-corrected chi connectivity index (χ0v) is 7.37. The number of aliphatic hydroxyl groups excluding tert-OH is 1. The third-order valence-corrected chi connectivity index (χ3v) is 3.18. The van der Waals surface area contributed by atoms with Gasteiger partial charge in [0.05, 0.1) is 0 Å². The fourth-order valence-corrected chi connectivity index (χ4v) is 2.10. The summed E-state index contributed by atoms with van der Waals surface area (Å²) in [5.41, 5.74) is 0. The van der Waals surface area contributed by atoms with Crippen LogP contribution in [0, 0.1) is 0 Å². The normalized spacial score (nSPS) is 9.70. The minimum absolute atomic E-state index is 0.314. The molecule has 10 heavy (non-hydrogen) atoms. The first-order chi connectivity index (χ1) is 4.93. The second-order valence-electron chi connectivity index (χ2n) is 1.89. The van der Waals surface area contributed by atoms with E-state index in [-0.39, 0.29) is 0 Å². The Balaban J connectivity index is 2.43. The Morgan fingerprint density at radius 1 is 1.20 bits per heavy atom. The third kappa shape index (κ3) is 2.52. The topological polar surface area (TPSA) is 20.2 Å². The Morgan fingerprint density at radius 3 is 2.50 bits per heavy atom. The number of hydrogen-bond donors (Lipinski definition) is 1. The van der Waals surface area contributed by atoms with Crippen LogP contribution < -0.4 is 4.46 Å². The molecule has 0 spiro atoms. The molecule has 0 aliphatic heterocycles. The van der Waals surface area contributed by atoms with Crippen molar-refractivity contribution in [2.45, 2.75) is 5.32 Å². The summed E-state index contributed by atoms with van der Waals surface area (Å²) in [6.07, 6.45) is 0. The van der Waals surface area contributed by atoms with Crippen LogP contribution in [0.2, 0.25) is 5.32 Å². The van der Waals surface area contributed by atoms with Gasteiger partial charge < -0.3 is 0 Å². The van der Waals surface area contributed by atoms with Gasteiger partial charge in [0.25, 0.3) is 0 Å². The summed E-state index contributed by atoms with van der Waals surface area (Å²) in [5, 5.41) is 9.47. The molecule has 1 aromatic rings. The van der Waals surface area contributed by atoms with Crippen LogP contribution in [0.1, 0.15) is 0 Å². The molecule has 0 unspecified atom stereocenters. The van der Waals surface area contributed by atoms with Crippen molar-refractivity contribution in [2.75, 3.05) is 6.61 Å². The molecule has 0 aromatic heterocycles.